The van der Waals surface area contributed by atoms with Crippen molar-refractivity contribution >= 4 is 5.78 Å². The molecule has 4 saturated carbocycles. The number of methoxy groups -OCH3 is 1. The van der Waals surface area contributed by atoms with E-state index in [2.05, 4.69) is 18.2 Å². The molecule has 4 bridgehead atoms. The standard InChI is InChI=1S/C13H14O2/c1-15-9-3-2-5-12-7-8-4-6-13(9,12)11(12)10(8)14/h2-3,5,8,11H,4,6-7H2,1H3/t8-,11?,12+,13+/m0/s1. The van der Waals surface area contributed by atoms with Crippen molar-refractivity contribution in [1.82, 2.24) is 0 Å². The van der Waals surface area contributed by atoms with E-state index in [0.717, 1.165) is 25.0 Å². The molecule has 0 N–H and O–H groups in total. The summed E-state index contributed by atoms with van der Waals surface area (Å²) in [5.74, 6) is 2.18. The summed E-state index contributed by atoms with van der Waals surface area (Å²) >= 11 is 0. The molecular weight excluding hydrogens is 188 g/mol. The first-order valence-electron chi connectivity index (χ1n) is 5.74. The number of rotatable bonds is 1. The van der Waals surface area contributed by atoms with Gasteiger partial charge in [-0.3, -0.25) is 4.79 Å². The van der Waals surface area contributed by atoms with Crippen LogP contribution in [0.1, 0.15) is 19.3 Å². The van der Waals surface area contributed by atoms with Crippen LogP contribution in [-0.4, -0.2) is 12.9 Å². The van der Waals surface area contributed by atoms with Crippen LogP contribution in [0.3, 0.4) is 0 Å². The first-order chi connectivity index (χ1) is 7.26. The molecule has 5 rings (SSSR count). The first kappa shape index (κ1) is 8.14. The number of hydrogen-bond acceptors (Lipinski definition) is 2. The molecule has 5 aliphatic rings. The van der Waals surface area contributed by atoms with Gasteiger partial charge in [-0.15, -0.1) is 0 Å². The van der Waals surface area contributed by atoms with Crippen molar-refractivity contribution in [2.24, 2.45) is 22.7 Å². The Labute approximate surface area is 89.0 Å². The summed E-state index contributed by atoms with van der Waals surface area (Å²) in [5.41, 5.74) is 0.259. The third kappa shape index (κ3) is 0.575. The molecule has 2 nitrogen and oxygen atoms in total. The highest BCUT2D eigenvalue weighted by atomic mass is 16.5. The molecule has 2 spiro atoms. The fraction of sp³-hybridized carbons (Fsp3) is 0.615. The molecule has 4 fully saturated rings. The minimum Gasteiger partial charge on any atom is -0.500 e. The lowest BCUT2D eigenvalue weighted by atomic mass is 9.69. The Kier molecular flexibility index (Phi) is 1.12. The number of carbonyl (C=O) groups excluding carboxylic acids is 1. The van der Waals surface area contributed by atoms with E-state index in [1.165, 1.54) is 0 Å². The molecule has 0 saturated heterocycles. The lowest BCUT2D eigenvalue weighted by molar-refractivity contribution is -0.126. The van der Waals surface area contributed by atoms with Crippen molar-refractivity contribution in [2.45, 2.75) is 19.3 Å². The second-order valence-electron chi connectivity index (χ2n) is 5.38. The van der Waals surface area contributed by atoms with E-state index in [4.69, 9.17) is 4.74 Å². The average Bonchev–Trinajstić information content (AvgIpc) is 2.82. The van der Waals surface area contributed by atoms with Gasteiger partial charge >= 0.3 is 0 Å². The Morgan fingerprint density at radius 2 is 2.40 bits per heavy atom. The van der Waals surface area contributed by atoms with E-state index in [0.29, 0.717) is 11.7 Å². The third-order valence-corrected chi connectivity index (χ3v) is 5.21. The zero-order valence-corrected chi connectivity index (χ0v) is 8.82. The van der Waals surface area contributed by atoms with Crippen LogP contribution in [0.25, 0.3) is 0 Å². The lowest BCUT2D eigenvalue weighted by Crippen LogP contribution is -2.32. The van der Waals surface area contributed by atoms with E-state index in [9.17, 15) is 4.79 Å². The van der Waals surface area contributed by atoms with Crippen LogP contribution in [0.5, 0.6) is 0 Å². The number of carbonyl (C=O) groups is 1. The molecule has 0 heterocycles. The summed E-state index contributed by atoms with van der Waals surface area (Å²) in [7, 11) is 1.73. The van der Waals surface area contributed by atoms with Gasteiger partial charge in [0.1, 0.15) is 11.5 Å². The number of ketones is 1. The average molecular weight is 202 g/mol. The predicted octanol–water partition coefficient (Wildman–Crippen LogP) is 2.07. The maximum absolute atomic E-state index is 12.1. The zero-order valence-electron chi connectivity index (χ0n) is 8.82. The van der Waals surface area contributed by atoms with Crippen LogP contribution in [0, 0.1) is 22.7 Å². The molecule has 5 aliphatic carbocycles. The molecular formula is C13H14O2. The van der Waals surface area contributed by atoms with Crippen molar-refractivity contribution < 1.29 is 9.53 Å². The topological polar surface area (TPSA) is 26.3 Å². The Bertz CT molecular complexity index is 434. The van der Waals surface area contributed by atoms with Crippen LogP contribution in [0.2, 0.25) is 0 Å². The number of ether oxygens (including phenoxy) is 1. The largest absolute Gasteiger partial charge is 0.500 e. The van der Waals surface area contributed by atoms with E-state index >= 15 is 0 Å². The number of allylic oxidation sites excluding steroid dienone is 4. The minimum atomic E-state index is 0.0856. The van der Waals surface area contributed by atoms with Gasteiger partial charge in [0.05, 0.1) is 7.11 Å². The number of hydrogen-bond donors (Lipinski definition) is 0. The zero-order chi connectivity index (χ0) is 10.3. The fourth-order valence-electron chi connectivity index (χ4n) is 4.70. The van der Waals surface area contributed by atoms with Crippen LogP contribution < -0.4 is 0 Å². The van der Waals surface area contributed by atoms with Crippen molar-refractivity contribution in [3.63, 3.8) is 0 Å². The molecule has 78 valence electrons. The molecule has 0 aliphatic heterocycles. The first-order valence-corrected chi connectivity index (χ1v) is 5.74. The number of Topliss-reactive ketones (excluding diaryl/α,β-unsaturated/α-hetero) is 1. The Hall–Kier alpha value is -1.05. The molecule has 0 aromatic carbocycles. The van der Waals surface area contributed by atoms with Gasteiger partial charge in [-0.1, -0.05) is 12.2 Å². The highest BCUT2D eigenvalue weighted by Crippen LogP contribution is 2.85. The normalized spacial score (nSPS) is 53.7. The highest BCUT2D eigenvalue weighted by molar-refractivity contribution is 5.95. The molecule has 0 aromatic heterocycles. The minimum absolute atomic E-state index is 0.0856. The summed E-state index contributed by atoms with van der Waals surface area (Å²) < 4.78 is 5.50. The smallest absolute Gasteiger partial charge is 0.141 e. The summed E-state index contributed by atoms with van der Waals surface area (Å²) in [4.78, 5) is 12.1. The van der Waals surface area contributed by atoms with Gasteiger partial charge < -0.3 is 4.74 Å². The van der Waals surface area contributed by atoms with E-state index in [1.807, 2.05) is 0 Å². The highest BCUT2D eigenvalue weighted by Gasteiger charge is 2.86. The van der Waals surface area contributed by atoms with E-state index < -0.39 is 0 Å². The molecule has 0 radical (unpaired) electrons. The number of fused-ring (bicyclic) bond motifs is 1. The summed E-state index contributed by atoms with van der Waals surface area (Å²) in [6, 6.07) is 0. The molecule has 0 amide bonds. The summed E-state index contributed by atoms with van der Waals surface area (Å²) in [5, 5.41) is 0. The Balaban J connectivity index is 1.93. The van der Waals surface area contributed by atoms with E-state index in [-0.39, 0.29) is 16.7 Å². The van der Waals surface area contributed by atoms with Gasteiger partial charge in [-0.2, -0.15) is 0 Å². The second-order valence-corrected chi connectivity index (χ2v) is 5.38. The van der Waals surface area contributed by atoms with E-state index in [1.54, 1.807) is 7.11 Å². The van der Waals surface area contributed by atoms with Crippen molar-refractivity contribution in [3.8, 4) is 0 Å². The van der Waals surface area contributed by atoms with Gasteiger partial charge in [-0.25, -0.2) is 0 Å². The van der Waals surface area contributed by atoms with Crippen molar-refractivity contribution in [1.29, 1.82) is 0 Å². The SMILES string of the molecule is COC1=CC=C[C@]23C[C@@H]4CC[C@]12C3C4=O. The second kappa shape index (κ2) is 2.06. The van der Waals surface area contributed by atoms with Crippen LogP contribution in [0.4, 0.5) is 0 Å². The monoisotopic (exact) mass is 202 g/mol. The summed E-state index contributed by atoms with van der Waals surface area (Å²) in [6.07, 6.45) is 9.71. The van der Waals surface area contributed by atoms with Gasteiger partial charge in [0.15, 0.2) is 0 Å². The fourth-order valence-corrected chi connectivity index (χ4v) is 4.70. The Morgan fingerprint density at radius 1 is 1.53 bits per heavy atom. The predicted molar refractivity (Wildman–Crippen MR) is 54.9 cm³/mol. The molecule has 1 unspecified atom stereocenters. The maximum atomic E-state index is 12.1. The lowest BCUT2D eigenvalue weighted by Gasteiger charge is -2.35. The molecule has 2 heteroatoms. The molecule has 15 heavy (non-hydrogen) atoms. The maximum Gasteiger partial charge on any atom is 0.141 e. The van der Waals surface area contributed by atoms with Crippen molar-refractivity contribution in [2.75, 3.05) is 7.11 Å². The van der Waals surface area contributed by atoms with Crippen molar-refractivity contribution in [3.05, 3.63) is 24.0 Å². The van der Waals surface area contributed by atoms with Crippen LogP contribution in [-0.2, 0) is 9.53 Å². The van der Waals surface area contributed by atoms with Gasteiger partial charge in [-0.05, 0) is 25.3 Å². The van der Waals surface area contributed by atoms with Crippen LogP contribution >= 0.6 is 0 Å². The third-order valence-electron chi connectivity index (χ3n) is 5.21. The molecule has 0 aromatic rings. The molecule has 4 atom stereocenters. The van der Waals surface area contributed by atoms with Gasteiger partial charge in [0.25, 0.3) is 0 Å². The Morgan fingerprint density at radius 3 is 3.20 bits per heavy atom. The quantitative estimate of drug-likeness (QED) is 0.650. The van der Waals surface area contributed by atoms with Gasteiger partial charge in [0.2, 0.25) is 0 Å². The van der Waals surface area contributed by atoms with Crippen LogP contribution in [0.15, 0.2) is 24.0 Å². The summed E-state index contributed by atoms with van der Waals surface area (Å²) in [6.45, 7) is 0. The van der Waals surface area contributed by atoms with Gasteiger partial charge in [0, 0.05) is 22.7 Å².